The van der Waals surface area contributed by atoms with Crippen LogP contribution in [0.1, 0.15) is 11.4 Å². The third-order valence-corrected chi connectivity index (χ3v) is 2.21. The van der Waals surface area contributed by atoms with Crippen molar-refractivity contribution in [2.75, 3.05) is 5.73 Å². The van der Waals surface area contributed by atoms with E-state index in [9.17, 15) is 4.39 Å². The van der Waals surface area contributed by atoms with Crippen molar-refractivity contribution >= 4 is 5.95 Å². The Labute approximate surface area is 92.4 Å². The Hall–Kier alpha value is -2.04. The van der Waals surface area contributed by atoms with Gasteiger partial charge >= 0.3 is 0 Å². The molecule has 0 saturated heterocycles. The minimum absolute atomic E-state index is 0.145. The third-order valence-electron chi connectivity index (χ3n) is 2.21. The molecular formula is C11H11FN4. The van der Waals surface area contributed by atoms with Gasteiger partial charge in [0.05, 0.1) is 0 Å². The predicted octanol–water partition coefficient (Wildman–Crippen LogP) is 1.88. The molecule has 0 bridgehead atoms. The molecule has 4 nitrogen and oxygen atoms in total. The molecule has 5 heteroatoms. The van der Waals surface area contributed by atoms with Gasteiger partial charge in [-0.05, 0) is 31.5 Å². The first-order chi connectivity index (χ1) is 7.56. The topological polar surface area (TPSA) is 64.7 Å². The summed E-state index contributed by atoms with van der Waals surface area (Å²) in [4.78, 5) is 12.0. The van der Waals surface area contributed by atoms with Crippen LogP contribution in [-0.4, -0.2) is 15.0 Å². The lowest BCUT2D eigenvalue weighted by atomic mass is 10.1. The van der Waals surface area contributed by atoms with Crippen LogP contribution in [0.5, 0.6) is 0 Å². The Morgan fingerprint density at radius 1 is 1.12 bits per heavy atom. The largest absolute Gasteiger partial charge is 0.368 e. The molecule has 1 heterocycles. The quantitative estimate of drug-likeness (QED) is 0.793. The molecule has 82 valence electrons. The van der Waals surface area contributed by atoms with Crippen LogP contribution in [0.4, 0.5) is 10.3 Å². The van der Waals surface area contributed by atoms with Crippen molar-refractivity contribution in [1.82, 2.24) is 15.0 Å². The van der Waals surface area contributed by atoms with Gasteiger partial charge in [0.15, 0.2) is 5.82 Å². The molecular weight excluding hydrogens is 207 g/mol. The molecule has 0 unspecified atom stereocenters. The second-order valence-corrected chi connectivity index (χ2v) is 3.52. The van der Waals surface area contributed by atoms with E-state index in [0.717, 1.165) is 5.56 Å². The van der Waals surface area contributed by atoms with Crippen molar-refractivity contribution in [3.8, 4) is 11.4 Å². The maximum absolute atomic E-state index is 13.1. The second kappa shape index (κ2) is 3.84. The maximum atomic E-state index is 13.1. The summed E-state index contributed by atoms with van der Waals surface area (Å²) in [6, 6.07) is 4.47. The molecule has 2 N–H and O–H groups in total. The van der Waals surface area contributed by atoms with Crippen molar-refractivity contribution in [1.29, 1.82) is 0 Å². The van der Waals surface area contributed by atoms with E-state index in [1.807, 2.05) is 6.92 Å². The normalized spacial score (nSPS) is 10.4. The molecule has 0 atom stereocenters. The number of nitrogens with two attached hydrogens (primary N) is 1. The van der Waals surface area contributed by atoms with Crippen molar-refractivity contribution in [3.05, 3.63) is 35.4 Å². The third kappa shape index (κ3) is 1.98. The van der Waals surface area contributed by atoms with E-state index in [2.05, 4.69) is 15.0 Å². The fourth-order valence-electron chi connectivity index (χ4n) is 1.46. The number of rotatable bonds is 1. The highest BCUT2D eigenvalue weighted by atomic mass is 19.1. The summed E-state index contributed by atoms with van der Waals surface area (Å²) in [5.41, 5.74) is 7.06. The van der Waals surface area contributed by atoms with Gasteiger partial charge in [-0.15, -0.1) is 0 Å². The molecule has 0 aliphatic carbocycles. The maximum Gasteiger partial charge on any atom is 0.223 e. The number of hydrogen-bond acceptors (Lipinski definition) is 4. The number of aryl methyl sites for hydroxylation is 2. The first kappa shape index (κ1) is 10.5. The number of anilines is 1. The molecule has 0 saturated carbocycles. The van der Waals surface area contributed by atoms with Gasteiger partial charge in [-0.1, -0.05) is 6.07 Å². The Balaban J connectivity index is 2.62. The predicted molar refractivity (Wildman–Crippen MR) is 59.1 cm³/mol. The lowest BCUT2D eigenvalue weighted by Gasteiger charge is -2.05. The van der Waals surface area contributed by atoms with E-state index in [1.165, 1.54) is 12.1 Å². The molecule has 1 aromatic carbocycles. The fourth-order valence-corrected chi connectivity index (χ4v) is 1.46. The summed E-state index contributed by atoms with van der Waals surface area (Å²) < 4.78 is 13.1. The molecule has 2 aromatic rings. The molecule has 0 amide bonds. The van der Waals surface area contributed by atoms with Crippen LogP contribution < -0.4 is 5.73 Å². The van der Waals surface area contributed by atoms with Crippen molar-refractivity contribution < 1.29 is 4.39 Å². The van der Waals surface area contributed by atoms with E-state index < -0.39 is 0 Å². The van der Waals surface area contributed by atoms with E-state index in [-0.39, 0.29) is 11.8 Å². The molecule has 0 aliphatic rings. The molecule has 1 aromatic heterocycles. The summed E-state index contributed by atoms with van der Waals surface area (Å²) in [7, 11) is 0. The lowest BCUT2D eigenvalue weighted by Crippen LogP contribution is -2.02. The van der Waals surface area contributed by atoms with Crippen LogP contribution in [0.15, 0.2) is 18.2 Å². The minimum atomic E-state index is -0.322. The summed E-state index contributed by atoms with van der Waals surface area (Å²) in [6.45, 7) is 3.58. The van der Waals surface area contributed by atoms with Crippen LogP contribution in [0, 0.1) is 19.7 Å². The van der Waals surface area contributed by atoms with Crippen LogP contribution >= 0.6 is 0 Å². The highest BCUT2D eigenvalue weighted by Gasteiger charge is 2.08. The smallest absolute Gasteiger partial charge is 0.223 e. The zero-order valence-corrected chi connectivity index (χ0v) is 9.03. The van der Waals surface area contributed by atoms with Gasteiger partial charge in [-0.2, -0.15) is 9.97 Å². The van der Waals surface area contributed by atoms with Gasteiger partial charge in [-0.25, -0.2) is 9.37 Å². The standard InChI is InChI=1S/C11H11FN4/c1-6-3-4-8(12)5-9(6)10-14-7(2)15-11(13)16-10/h3-5H,1-2H3,(H2,13,14,15,16). The van der Waals surface area contributed by atoms with Crippen LogP contribution in [-0.2, 0) is 0 Å². The number of benzene rings is 1. The molecule has 0 radical (unpaired) electrons. The van der Waals surface area contributed by atoms with Gasteiger partial charge in [0, 0.05) is 5.56 Å². The second-order valence-electron chi connectivity index (χ2n) is 3.52. The zero-order valence-electron chi connectivity index (χ0n) is 9.03. The van der Waals surface area contributed by atoms with E-state index in [4.69, 9.17) is 5.73 Å². The van der Waals surface area contributed by atoms with Crippen LogP contribution in [0.3, 0.4) is 0 Å². The zero-order chi connectivity index (χ0) is 11.7. The summed E-state index contributed by atoms with van der Waals surface area (Å²) >= 11 is 0. The highest BCUT2D eigenvalue weighted by Crippen LogP contribution is 2.21. The Morgan fingerprint density at radius 3 is 2.56 bits per heavy atom. The number of aromatic nitrogens is 3. The van der Waals surface area contributed by atoms with Gasteiger partial charge in [0.25, 0.3) is 0 Å². The first-order valence-electron chi connectivity index (χ1n) is 4.81. The average molecular weight is 218 g/mol. The number of halogens is 1. The number of nitrogens with zero attached hydrogens (tertiary/aromatic N) is 3. The van der Waals surface area contributed by atoms with Crippen molar-refractivity contribution in [2.24, 2.45) is 0 Å². The Bertz CT molecular complexity index is 519. The van der Waals surface area contributed by atoms with E-state index in [1.54, 1.807) is 13.0 Å². The SMILES string of the molecule is Cc1nc(N)nc(-c2cc(F)ccc2C)n1. The summed E-state index contributed by atoms with van der Waals surface area (Å²) in [5, 5.41) is 0. The molecule has 0 aliphatic heterocycles. The van der Waals surface area contributed by atoms with Gasteiger partial charge in [-0.3, -0.25) is 0 Å². The summed E-state index contributed by atoms with van der Waals surface area (Å²) in [6.07, 6.45) is 0. The Kier molecular flexibility index (Phi) is 2.52. The van der Waals surface area contributed by atoms with Crippen molar-refractivity contribution in [3.63, 3.8) is 0 Å². The van der Waals surface area contributed by atoms with E-state index in [0.29, 0.717) is 17.2 Å². The monoisotopic (exact) mass is 218 g/mol. The minimum Gasteiger partial charge on any atom is -0.368 e. The van der Waals surface area contributed by atoms with E-state index >= 15 is 0 Å². The average Bonchev–Trinajstić information content (AvgIpc) is 2.20. The van der Waals surface area contributed by atoms with Crippen LogP contribution in [0.25, 0.3) is 11.4 Å². The lowest BCUT2D eigenvalue weighted by molar-refractivity contribution is 0.627. The number of hydrogen-bond donors (Lipinski definition) is 1. The molecule has 2 rings (SSSR count). The molecule has 16 heavy (non-hydrogen) atoms. The summed E-state index contributed by atoms with van der Waals surface area (Å²) in [5.74, 6) is 0.747. The van der Waals surface area contributed by atoms with Crippen LogP contribution in [0.2, 0.25) is 0 Å². The first-order valence-corrected chi connectivity index (χ1v) is 4.81. The number of nitrogen functional groups attached to an aromatic ring is 1. The van der Waals surface area contributed by atoms with Gasteiger partial charge in [0.1, 0.15) is 11.6 Å². The Morgan fingerprint density at radius 2 is 1.88 bits per heavy atom. The van der Waals surface area contributed by atoms with Crippen molar-refractivity contribution in [2.45, 2.75) is 13.8 Å². The van der Waals surface area contributed by atoms with Gasteiger partial charge in [0.2, 0.25) is 5.95 Å². The molecule has 0 spiro atoms. The highest BCUT2D eigenvalue weighted by molar-refractivity contribution is 5.60. The van der Waals surface area contributed by atoms with Gasteiger partial charge < -0.3 is 5.73 Å². The molecule has 0 fully saturated rings. The fraction of sp³-hybridized carbons (Fsp3) is 0.182.